The first-order valence-electron chi connectivity index (χ1n) is 8.14. The van der Waals surface area contributed by atoms with Crippen molar-refractivity contribution in [3.05, 3.63) is 78.1 Å². The molecule has 0 bridgehead atoms. The number of fused-ring (bicyclic) bond motifs is 1. The summed E-state index contributed by atoms with van der Waals surface area (Å²) in [6.45, 7) is 0. The van der Waals surface area contributed by atoms with Crippen molar-refractivity contribution in [3.8, 4) is 10.4 Å². The van der Waals surface area contributed by atoms with E-state index in [2.05, 4.69) is 22.4 Å². The maximum Gasteiger partial charge on any atom is 0.274 e. The van der Waals surface area contributed by atoms with E-state index in [0.29, 0.717) is 22.6 Å². The van der Waals surface area contributed by atoms with Crippen LogP contribution in [-0.2, 0) is 0 Å². The molecule has 2 heterocycles. The summed E-state index contributed by atoms with van der Waals surface area (Å²) in [5, 5.41) is 11.5. The Bertz CT molecular complexity index is 1120. The van der Waals surface area contributed by atoms with Gasteiger partial charge >= 0.3 is 0 Å². The highest BCUT2D eigenvalue weighted by molar-refractivity contribution is 7.22. The van der Waals surface area contributed by atoms with Gasteiger partial charge in [0.05, 0.1) is 4.70 Å². The Morgan fingerprint density at radius 1 is 1.26 bits per heavy atom. The Kier molecular flexibility index (Phi) is 4.29. The summed E-state index contributed by atoms with van der Waals surface area (Å²) < 4.78 is 0.978. The van der Waals surface area contributed by atoms with Gasteiger partial charge in [-0.25, -0.2) is 0 Å². The van der Waals surface area contributed by atoms with E-state index >= 15 is 0 Å². The highest BCUT2D eigenvalue weighted by Crippen LogP contribution is 2.38. The molecule has 5 nitrogen and oxygen atoms in total. The molecule has 0 aliphatic heterocycles. The van der Waals surface area contributed by atoms with Gasteiger partial charge in [-0.05, 0) is 42.5 Å². The molecule has 0 aliphatic carbocycles. The maximum atomic E-state index is 12.4. The van der Waals surface area contributed by atoms with Gasteiger partial charge < -0.3 is 16.5 Å². The first-order chi connectivity index (χ1) is 13.2. The summed E-state index contributed by atoms with van der Waals surface area (Å²) in [5.41, 5.74) is 8.95. The molecule has 0 atom stereocenters. The second-order valence-corrected chi connectivity index (χ2v) is 6.89. The summed E-state index contributed by atoms with van der Waals surface area (Å²) >= 11 is 1.54. The molecule has 6 heteroatoms. The molecular formula is C21H14N4OS. The number of benzene rings is 1. The van der Waals surface area contributed by atoms with E-state index in [9.17, 15) is 4.79 Å². The van der Waals surface area contributed by atoms with Crippen LogP contribution in [0.15, 0.2) is 54.7 Å². The Morgan fingerprint density at radius 2 is 2.15 bits per heavy atom. The average Bonchev–Trinajstić information content (AvgIpc) is 3.13. The van der Waals surface area contributed by atoms with Crippen LogP contribution in [0.25, 0.3) is 20.5 Å². The molecule has 0 fully saturated rings. The molecule has 0 saturated heterocycles. The average molecular weight is 370 g/mol. The molecule has 0 unspecified atom stereocenters. The second kappa shape index (κ2) is 6.90. The first-order valence-corrected chi connectivity index (χ1v) is 8.96. The van der Waals surface area contributed by atoms with Crippen molar-refractivity contribution in [2.45, 2.75) is 0 Å². The van der Waals surface area contributed by atoms with Crippen LogP contribution in [0.4, 0.5) is 11.4 Å². The predicted molar refractivity (Wildman–Crippen MR) is 109 cm³/mol. The van der Waals surface area contributed by atoms with Gasteiger partial charge in [0.1, 0.15) is 5.69 Å². The molecule has 27 heavy (non-hydrogen) atoms. The number of amides is 1. The number of aromatic nitrogens is 1. The predicted octanol–water partition coefficient (Wildman–Crippen LogP) is 4.40. The summed E-state index contributed by atoms with van der Waals surface area (Å²) in [4.78, 5) is 17.4. The van der Waals surface area contributed by atoms with Crippen molar-refractivity contribution in [1.82, 2.24) is 4.98 Å². The van der Waals surface area contributed by atoms with Crippen molar-refractivity contribution >= 4 is 44.9 Å². The molecule has 2 aromatic heterocycles. The van der Waals surface area contributed by atoms with E-state index in [4.69, 9.17) is 11.1 Å². The number of nitrogens with one attached hydrogen (secondary N) is 2. The SMILES string of the molecule is N=Cc1cc(NC(=O)c2ccccn2)cc(-c2cc3ccc#cc3s2)c1N. The van der Waals surface area contributed by atoms with Crippen molar-refractivity contribution in [1.29, 1.82) is 5.41 Å². The molecule has 4 aromatic rings. The van der Waals surface area contributed by atoms with Crippen LogP contribution in [0, 0.1) is 17.5 Å². The highest BCUT2D eigenvalue weighted by Gasteiger charge is 2.14. The van der Waals surface area contributed by atoms with E-state index in [0.717, 1.165) is 20.5 Å². The van der Waals surface area contributed by atoms with Crippen LogP contribution >= 0.6 is 11.3 Å². The summed E-state index contributed by atoms with van der Waals surface area (Å²) in [6, 6.07) is 20.5. The number of thiophene rings is 1. The molecular weight excluding hydrogens is 356 g/mol. The lowest BCUT2D eigenvalue weighted by Crippen LogP contribution is -2.14. The third kappa shape index (κ3) is 3.24. The zero-order valence-electron chi connectivity index (χ0n) is 14.1. The minimum absolute atomic E-state index is 0.318. The minimum atomic E-state index is -0.318. The van der Waals surface area contributed by atoms with Crippen LogP contribution in [0.3, 0.4) is 0 Å². The number of hydrogen-bond acceptors (Lipinski definition) is 5. The van der Waals surface area contributed by atoms with Crippen LogP contribution in [0.1, 0.15) is 16.1 Å². The van der Waals surface area contributed by atoms with Gasteiger partial charge in [0.2, 0.25) is 0 Å². The number of pyridine rings is 1. The van der Waals surface area contributed by atoms with Crippen LogP contribution < -0.4 is 11.1 Å². The summed E-state index contributed by atoms with van der Waals surface area (Å²) in [6.07, 6.45) is 2.75. The van der Waals surface area contributed by atoms with Crippen molar-refractivity contribution in [2.75, 3.05) is 11.1 Å². The Balaban J connectivity index is 1.77. The molecule has 4 rings (SSSR count). The van der Waals surface area contributed by atoms with Gasteiger partial charge in [-0.15, -0.1) is 11.3 Å². The summed E-state index contributed by atoms with van der Waals surface area (Å²) in [7, 11) is 0. The molecule has 0 aliphatic rings. The van der Waals surface area contributed by atoms with E-state index in [1.54, 1.807) is 41.8 Å². The monoisotopic (exact) mass is 370 g/mol. The fourth-order valence-electron chi connectivity index (χ4n) is 2.76. The molecule has 0 spiro atoms. The highest BCUT2D eigenvalue weighted by atomic mass is 32.1. The van der Waals surface area contributed by atoms with E-state index in [1.165, 1.54) is 6.21 Å². The number of nitrogens with two attached hydrogens (primary N) is 1. The van der Waals surface area contributed by atoms with Crippen LogP contribution in [-0.4, -0.2) is 17.1 Å². The van der Waals surface area contributed by atoms with Crippen molar-refractivity contribution in [3.63, 3.8) is 0 Å². The fraction of sp³-hybridized carbons (Fsp3) is 0. The number of nitrogen functional groups attached to an aromatic ring is 1. The lowest BCUT2D eigenvalue weighted by molar-refractivity contribution is 0.102. The molecule has 2 aromatic carbocycles. The van der Waals surface area contributed by atoms with Gasteiger partial charge in [0, 0.05) is 45.2 Å². The number of nitrogens with zero attached hydrogens (tertiary/aromatic N) is 1. The normalized spacial score (nSPS) is 10.4. The van der Waals surface area contributed by atoms with E-state index in [1.807, 2.05) is 24.3 Å². The number of hydrogen-bond donors (Lipinski definition) is 3. The first kappa shape index (κ1) is 16.8. The fourth-order valence-corrected chi connectivity index (χ4v) is 3.80. The lowest BCUT2D eigenvalue weighted by atomic mass is 10.0. The third-order valence-corrected chi connectivity index (χ3v) is 5.18. The second-order valence-electron chi connectivity index (χ2n) is 5.84. The Labute approximate surface area is 160 Å². The van der Waals surface area contributed by atoms with E-state index in [-0.39, 0.29) is 5.91 Å². The van der Waals surface area contributed by atoms with E-state index < -0.39 is 0 Å². The largest absolute Gasteiger partial charge is 0.398 e. The van der Waals surface area contributed by atoms with Crippen molar-refractivity contribution in [2.24, 2.45) is 0 Å². The summed E-state index contributed by atoms with van der Waals surface area (Å²) in [5.74, 6) is -0.318. The number of carbonyl (C=O) groups excluding carboxylic acids is 1. The maximum absolute atomic E-state index is 12.4. The molecule has 4 N–H and O–H groups in total. The molecule has 0 radical (unpaired) electrons. The van der Waals surface area contributed by atoms with Gasteiger partial charge in [-0.2, -0.15) is 0 Å². The smallest absolute Gasteiger partial charge is 0.274 e. The topological polar surface area (TPSA) is 91.9 Å². The minimum Gasteiger partial charge on any atom is -0.398 e. The van der Waals surface area contributed by atoms with Gasteiger partial charge in [0.15, 0.2) is 0 Å². The molecule has 0 saturated carbocycles. The lowest BCUT2D eigenvalue weighted by Gasteiger charge is -2.12. The quantitative estimate of drug-likeness (QED) is 0.367. The Morgan fingerprint density at radius 3 is 2.89 bits per heavy atom. The zero-order chi connectivity index (χ0) is 18.8. The standard InChI is InChI=1S/C21H14N4OS/c22-12-14-9-15(25-21(26)17-6-3-4-8-24-17)11-16(20(14)23)19-10-13-5-1-2-7-18(13)27-19/h1,3-6,8-12,22H,23H2,(H,25,26). The Hall–Kier alpha value is -3.69. The van der Waals surface area contributed by atoms with Gasteiger partial charge in [-0.3, -0.25) is 9.78 Å². The van der Waals surface area contributed by atoms with Crippen LogP contribution in [0.5, 0.6) is 0 Å². The van der Waals surface area contributed by atoms with Crippen molar-refractivity contribution < 1.29 is 4.79 Å². The van der Waals surface area contributed by atoms with Gasteiger partial charge in [0.25, 0.3) is 5.91 Å². The number of anilines is 2. The molecule has 1 amide bonds. The third-order valence-electron chi connectivity index (χ3n) is 4.08. The van der Waals surface area contributed by atoms with Crippen LogP contribution in [0.2, 0.25) is 0 Å². The number of carbonyl (C=O) groups is 1. The molecule has 130 valence electrons. The van der Waals surface area contributed by atoms with Gasteiger partial charge in [-0.1, -0.05) is 18.2 Å². The number of rotatable bonds is 4. The zero-order valence-corrected chi connectivity index (χ0v) is 14.9.